The van der Waals surface area contributed by atoms with Crippen LogP contribution in [0.2, 0.25) is 0 Å². The van der Waals surface area contributed by atoms with Crippen molar-refractivity contribution in [3.05, 3.63) is 92.7 Å². The Morgan fingerprint density at radius 3 is 2.80 bits per heavy atom. The van der Waals surface area contributed by atoms with Gasteiger partial charge >= 0.3 is 0 Å². The number of piperidine rings is 1. The number of benzene rings is 3. The Morgan fingerprint density at radius 1 is 1.20 bits per heavy atom. The molecular formula is C34H34N6O5. The van der Waals surface area contributed by atoms with Crippen molar-refractivity contribution in [3.8, 4) is 11.5 Å². The van der Waals surface area contributed by atoms with Gasteiger partial charge in [0.2, 0.25) is 0 Å². The molecule has 3 heterocycles. The molecule has 11 nitrogen and oxygen atoms in total. The summed E-state index contributed by atoms with van der Waals surface area (Å²) in [5.74, 6) is 1.59. The third-order valence-corrected chi connectivity index (χ3v) is 11.0. The number of phenols is 1. The molecule has 230 valence electrons. The quantitative estimate of drug-likeness (QED) is 0.0933. The molecule has 1 saturated heterocycles. The van der Waals surface area contributed by atoms with Gasteiger partial charge in [-0.3, -0.25) is 15.0 Å². The Kier molecular flexibility index (Phi) is 5.48. The summed E-state index contributed by atoms with van der Waals surface area (Å²) in [6.07, 6.45) is 4.07. The normalized spacial score (nSPS) is 28.0. The molecule has 2 fully saturated rings. The lowest BCUT2D eigenvalue weighted by Crippen LogP contribution is -2.74. The lowest BCUT2D eigenvalue weighted by molar-refractivity contribution is -0.384. The predicted octanol–water partition coefficient (Wildman–Crippen LogP) is 4.41. The van der Waals surface area contributed by atoms with E-state index in [-0.39, 0.29) is 30.0 Å². The van der Waals surface area contributed by atoms with Gasteiger partial charge in [-0.2, -0.15) is 0 Å². The van der Waals surface area contributed by atoms with Crippen molar-refractivity contribution in [1.29, 1.82) is 0 Å². The highest BCUT2D eigenvalue weighted by Crippen LogP contribution is 2.69. The molecule has 3 aliphatic carbocycles. The smallest absolute Gasteiger partial charge is 0.269 e. The van der Waals surface area contributed by atoms with Crippen molar-refractivity contribution < 1.29 is 19.9 Å². The first kappa shape index (κ1) is 26.8. The number of phenolic OH excluding ortho intramolecular Hbond substituents is 1. The lowest BCUT2D eigenvalue weighted by Gasteiger charge is -2.62. The van der Waals surface area contributed by atoms with E-state index in [1.165, 1.54) is 30.5 Å². The number of hydrogen-bond donors (Lipinski definition) is 5. The molecule has 2 aliphatic heterocycles. The number of nitrogens with two attached hydrogens (primary N) is 1. The number of aromatic nitrogens is 1. The predicted molar refractivity (Wildman–Crippen MR) is 169 cm³/mol. The van der Waals surface area contributed by atoms with E-state index in [0.717, 1.165) is 64.9 Å². The van der Waals surface area contributed by atoms with Gasteiger partial charge < -0.3 is 31.0 Å². The number of fused-ring (bicyclic) bond motifs is 4. The summed E-state index contributed by atoms with van der Waals surface area (Å²) < 4.78 is 6.70. The second kappa shape index (κ2) is 9.21. The molecule has 4 unspecified atom stereocenters. The summed E-state index contributed by atoms with van der Waals surface area (Å²) in [7, 11) is 0. The van der Waals surface area contributed by atoms with Crippen molar-refractivity contribution >= 4 is 28.2 Å². The van der Waals surface area contributed by atoms with Gasteiger partial charge in [-0.15, -0.1) is 0 Å². The van der Waals surface area contributed by atoms with Crippen LogP contribution in [-0.4, -0.2) is 55.7 Å². The molecular weight excluding hydrogens is 572 g/mol. The zero-order valence-electron chi connectivity index (χ0n) is 24.6. The number of anilines is 1. The third-order valence-electron chi connectivity index (χ3n) is 11.0. The molecule has 3 aromatic carbocycles. The van der Waals surface area contributed by atoms with E-state index in [0.29, 0.717) is 18.1 Å². The molecule has 5 aliphatic rings. The number of nitrogens with zero attached hydrogens (tertiary/aromatic N) is 3. The minimum Gasteiger partial charge on any atom is -0.504 e. The van der Waals surface area contributed by atoms with Crippen LogP contribution in [0.15, 0.2) is 59.6 Å². The maximum Gasteiger partial charge on any atom is 0.269 e. The fraction of sp³-hybridized carbons (Fsp3) is 0.382. The van der Waals surface area contributed by atoms with Gasteiger partial charge in [0.15, 0.2) is 23.6 Å². The van der Waals surface area contributed by atoms with E-state index in [4.69, 9.17) is 10.5 Å². The van der Waals surface area contributed by atoms with Crippen LogP contribution in [0.3, 0.4) is 0 Å². The highest BCUT2D eigenvalue weighted by atomic mass is 16.6. The Hall–Kier alpha value is -4.61. The summed E-state index contributed by atoms with van der Waals surface area (Å²) in [6, 6.07) is 15.9. The Labute approximate surface area is 258 Å². The summed E-state index contributed by atoms with van der Waals surface area (Å²) >= 11 is 0. The Balaban J connectivity index is 1.08. The van der Waals surface area contributed by atoms with Crippen LogP contribution >= 0.6 is 0 Å². The molecule has 1 saturated carbocycles. The van der Waals surface area contributed by atoms with E-state index < -0.39 is 22.0 Å². The van der Waals surface area contributed by atoms with E-state index in [1.54, 1.807) is 18.2 Å². The van der Waals surface area contributed by atoms with Crippen LogP contribution in [0.1, 0.15) is 53.3 Å². The number of likely N-dealkylation sites (tertiary alicyclic amines) is 1. The number of H-pyrrole nitrogens is 1. The van der Waals surface area contributed by atoms with Crippen LogP contribution in [0.25, 0.3) is 10.9 Å². The number of hydrogen-bond acceptors (Lipinski definition) is 7. The Bertz CT molecular complexity index is 1930. The number of aromatic amines is 1. The highest BCUT2D eigenvalue weighted by molar-refractivity contribution is 5.96. The van der Waals surface area contributed by atoms with Gasteiger partial charge in [-0.1, -0.05) is 18.2 Å². The third kappa shape index (κ3) is 3.74. The van der Waals surface area contributed by atoms with Crippen LogP contribution in [0.5, 0.6) is 11.5 Å². The number of nitrogens with one attached hydrogen (secondary N) is 2. The van der Waals surface area contributed by atoms with Gasteiger partial charge in [-0.05, 0) is 79.1 Å². The molecule has 4 atom stereocenters. The average Bonchev–Trinajstić information content (AvgIpc) is 3.67. The molecule has 4 aromatic rings. The summed E-state index contributed by atoms with van der Waals surface area (Å²) in [5.41, 5.74) is 11.3. The first-order valence-electron chi connectivity index (χ1n) is 15.7. The fourth-order valence-corrected chi connectivity index (χ4v) is 8.79. The number of rotatable bonds is 6. The van der Waals surface area contributed by atoms with Gasteiger partial charge in [0.05, 0.1) is 28.2 Å². The molecule has 1 spiro atoms. The minimum absolute atomic E-state index is 0.0316. The van der Waals surface area contributed by atoms with Crippen LogP contribution in [-0.2, 0) is 24.8 Å². The number of aromatic hydroxyl groups is 1. The van der Waals surface area contributed by atoms with Crippen molar-refractivity contribution in [2.75, 3.05) is 18.4 Å². The molecule has 0 amide bonds. The van der Waals surface area contributed by atoms with Gasteiger partial charge in [0.1, 0.15) is 0 Å². The maximum atomic E-state index is 13.1. The monoisotopic (exact) mass is 606 g/mol. The summed E-state index contributed by atoms with van der Waals surface area (Å²) in [5, 5.41) is 39.1. The van der Waals surface area contributed by atoms with Crippen molar-refractivity contribution in [2.24, 2.45) is 16.6 Å². The fourth-order valence-electron chi connectivity index (χ4n) is 8.79. The second-order valence-electron chi connectivity index (χ2n) is 13.5. The van der Waals surface area contributed by atoms with E-state index >= 15 is 0 Å². The van der Waals surface area contributed by atoms with E-state index in [9.17, 15) is 20.3 Å². The maximum absolute atomic E-state index is 13.1. The number of nitro benzene ring substituents is 1. The number of aliphatic hydroxyl groups is 1. The van der Waals surface area contributed by atoms with Crippen molar-refractivity contribution in [1.82, 2.24) is 9.88 Å². The van der Waals surface area contributed by atoms with Crippen LogP contribution < -0.4 is 15.8 Å². The van der Waals surface area contributed by atoms with E-state index in [2.05, 4.69) is 20.2 Å². The van der Waals surface area contributed by atoms with Crippen LogP contribution in [0, 0.1) is 16.0 Å². The number of ether oxygens (including phenoxy) is 1. The second-order valence-corrected chi connectivity index (χ2v) is 13.5. The zero-order chi connectivity index (χ0) is 30.7. The molecule has 11 heteroatoms. The van der Waals surface area contributed by atoms with Crippen molar-refractivity contribution in [3.63, 3.8) is 0 Å². The molecule has 9 rings (SSSR count). The minimum atomic E-state index is -1.06. The molecule has 6 N–H and O–H groups in total. The number of aliphatic imine (C=N–C) groups is 1. The van der Waals surface area contributed by atoms with Crippen LogP contribution in [0.4, 0.5) is 11.4 Å². The van der Waals surface area contributed by atoms with E-state index in [1.807, 2.05) is 24.3 Å². The van der Waals surface area contributed by atoms with Gasteiger partial charge in [0, 0.05) is 53.3 Å². The molecule has 45 heavy (non-hydrogen) atoms. The molecule has 2 bridgehead atoms. The zero-order valence-corrected chi connectivity index (χ0v) is 24.6. The molecule has 0 radical (unpaired) electrons. The topological polar surface area (TPSA) is 162 Å². The van der Waals surface area contributed by atoms with Crippen molar-refractivity contribution in [2.45, 2.75) is 61.8 Å². The summed E-state index contributed by atoms with van der Waals surface area (Å²) in [6.45, 7) is 2.20. The number of guanidine groups is 1. The first-order valence-corrected chi connectivity index (χ1v) is 15.7. The number of non-ortho nitro benzene ring substituents is 1. The highest BCUT2D eigenvalue weighted by Gasteiger charge is 2.72. The molecule has 1 aromatic heterocycles. The lowest BCUT2D eigenvalue weighted by atomic mass is 9.49. The first-order chi connectivity index (χ1) is 21.7. The SMILES string of the molecule is NC(=NCc1ccc([N+](=O)[O-])cc1)Nc1ccc2[nH]c3c(c2c1)CC1(O)C2Cc4ccc(O)c5c4C1(CCN2CC1CC1)C3O5. The standard InChI is InChI=1S/C34H34N6O5/c35-32(36-16-18-3-7-22(8-4-18)40(43)44)37-21-6-9-25-23(14-21)24-15-34(42)27-13-20-5-10-26(41)30-28(20)33(34,31(45-30)29(24)38-25)11-12-39(27)17-19-1-2-19/h3-10,14,19,27,31,38,41-42H,1-2,11-13,15-17H2,(H3,35,36,37). The summed E-state index contributed by atoms with van der Waals surface area (Å²) in [4.78, 5) is 21.1. The van der Waals surface area contributed by atoms with Gasteiger partial charge in [0.25, 0.3) is 5.69 Å². The largest absolute Gasteiger partial charge is 0.504 e. The Morgan fingerprint density at radius 2 is 2.02 bits per heavy atom. The number of nitro groups is 1. The van der Waals surface area contributed by atoms with Gasteiger partial charge in [-0.25, -0.2) is 4.99 Å². The average molecular weight is 607 g/mol.